The standard InChI is InChI=1S/C16H18N2O3/c1-3-18(4-2)12-7-5-11(6-8-12)9-13-14(19)10-15(20)17-16(13)21/h5-9H,3-4,10H2,1-2H3,(H,17,20,21)/b13-9+. The quantitative estimate of drug-likeness (QED) is 0.394. The van der Waals surface area contributed by atoms with Crippen LogP contribution in [-0.4, -0.2) is 30.7 Å². The molecule has 0 bridgehead atoms. The highest BCUT2D eigenvalue weighted by atomic mass is 16.2. The van der Waals surface area contributed by atoms with Crippen LogP contribution in [0.4, 0.5) is 5.69 Å². The second-order valence-corrected chi connectivity index (χ2v) is 4.80. The number of hydrogen-bond acceptors (Lipinski definition) is 4. The molecule has 2 amide bonds. The van der Waals surface area contributed by atoms with Gasteiger partial charge in [-0.2, -0.15) is 0 Å². The summed E-state index contributed by atoms with van der Waals surface area (Å²) in [7, 11) is 0. The van der Waals surface area contributed by atoms with E-state index in [2.05, 4.69) is 24.1 Å². The Balaban J connectivity index is 2.23. The van der Waals surface area contributed by atoms with Crippen molar-refractivity contribution >= 4 is 29.4 Å². The Bertz CT molecular complexity index is 576. The molecule has 0 atom stereocenters. The first-order valence-electron chi connectivity index (χ1n) is 6.99. The van der Waals surface area contributed by atoms with Crippen LogP contribution < -0.4 is 10.2 Å². The highest BCUT2D eigenvalue weighted by Crippen LogP contribution is 2.18. The molecule has 1 N–H and O–H groups in total. The van der Waals surface area contributed by atoms with Crippen LogP contribution in [0.3, 0.4) is 0 Å². The van der Waals surface area contributed by atoms with E-state index >= 15 is 0 Å². The predicted molar refractivity (Wildman–Crippen MR) is 80.8 cm³/mol. The summed E-state index contributed by atoms with van der Waals surface area (Å²) in [6.45, 7) is 6.00. The minimum atomic E-state index is -0.621. The third-order valence-corrected chi connectivity index (χ3v) is 3.45. The third kappa shape index (κ3) is 3.37. The highest BCUT2D eigenvalue weighted by molar-refractivity contribution is 6.32. The fourth-order valence-corrected chi connectivity index (χ4v) is 2.29. The van der Waals surface area contributed by atoms with Gasteiger partial charge in [-0.3, -0.25) is 19.7 Å². The molecule has 5 heteroatoms. The molecule has 0 saturated carbocycles. The molecule has 2 rings (SSSR count). The highest BCUT2D eigenvalue weighted by Gasteiger charge is 2.27. The number of nitrogens with zero attached hydrogens (tertiary/aromatic N) is 1. The summed E-state index contributed by atoms with van der Waals surface area (Å²) in [4.78, 5) is 36.7. The molecule has 0 unspecified atom stereocenters. The number of anilines is 1. The summed E-state index contributed by atoms with van der Waals surface area (Å²) in [5.74, 6) is -1.60. The molecule has 1 aromatic rings. The maximum absolute atomic E-state index is 11.7. The SMILES string of the molecule is CCN(CC)c1ccc(/C=C2\C(=O)CC(=O)NC2=O)cc1. The summed E-state index contributed by atoms with van der Waals surface area (Å²) >= 11 is 0. The molecular formula is C16H18N2O3. The summed E-state index contributed by atoms with van der Waals surface area (Å²) in [5.41, 5.74) is 1.89. The van der Waals surface area contributed by atoms with Gasteiger partial charge in [0.1, 0.15) is 0 Å². The van der Waals surface area contributed by atoms with Crippen molar-refractivity contribution in [3.8, 4) is 0 Å². The van der Waals surface area contributed by atoms with E-state index in [-0.39, 0.29) is 12.0 Å². The molecule has 5 nitrogen and oxygen atoms in total. The van der Waals surface area contributed by atoms with E-state index in [9.17, 15) is 14.4 Å². The molecule has 0 spiro atoms. The smallest absolute Gasteiger partial charge is 0.261 e. The number of imide groups is 1. The van der Waals surface area contributed by atoms with Crippen molar-refractivity contribution in [3.63, 3.8) is 0 Å². The van der Waals surface area contributed by atoms with Crippen LogP contribution in [0.15, 0.2) is 29.8 Å². The third-order valence-electron chi connectivity index (χ3n) is 3.45. The molecule has 110 valence electrons. The van der Waals surface area contributed by atoms with Crippen molar-refractivity contribution < 1.29 is 14.4 Å². The number of piperidine rings is 1. The number of Topliss-reactive ketones (excluding diaryl/α,β-unsaturated/α-hetero) is 1. The van der Waals surface area contributed by atoms with Crippen molar-refractivity contribution in [2.45, 2.75) is 20.3 Å². The zero-order chi connectivity index (χ0) is 15.4. The van der Waals surface area contributed by atoms with E-state index in [4.69, 9.17) is 0 Å². The molecular weight excluding hydrogens is 268 g/mol. The number of benzene rings is 1. The maximum atomic E-state index is 11.7. The lowest BCUT2D eigenvalue weighted by Crippen LogP contribution is -2.40. The van der Waals surface area contributed by atoms with Gasteiger partial charge in [0.05, 0.1) is 12.0 Å². The van der Waals surface area contributed by atoms with Crippen LogP contribution >= 0.6 is 0 Å². The van der Waals surface area contributed by atoms with Crippen LogP contribution in [0.5, 0.6) is 0 Å². The lowest BCUT2D eigenvalue weighted by Gasteiger charge is -2.21. The van der Waals surface area contributed by atoms with E-state index in [1.54, 1.807) is 0 Å². The molecule has 1 aliphatic rings. The minimum absolute atomic E-state index is 0.0326. The predicted octanol–water partition coefficient (Wildman–Crippen LogP) is 1.53. The van der Waals surface area contributed by atoms with Crippen molar-refractivity contribution in [2.75, 3.05) is 18.0 Å². The lowest BCUT2D eigenvalue weighted by atomic mass is 10.0. The van der Waals surface area contributed by atoms with Gasteiger partial charge < -0.3 is 4.90 Å². The average Bonchev–Trinajstić information content (AvgIpc) is 2.45. The summed E-state index contributed by atoms with van der Waals surface area (Å²) < 4.78 is 0. The molecule has 1 heterocycles. The number of rotatable bonds is 4. The van der Waals surface area contributed by atoms with E-state index in [1.165, 1.54) is 6.08 Å². The van der Waals surface area contributed by atoms with Gasteiger partial charge in [-0.25, -0.2) is 0 Å². The van der Waals surface area contributed by atoms with Gasteiger partial charge in [0.2, 0.25) is 5.91 Å². The molecule has 21 heavy (non-hydrogen) atoms. The molecule has 0 aromatic heterocycles. The second kappa shape index (κ2) is 6.35. The Hall–Kier alpha value is -2.43. The Morgan fingerprint density at radius 3 is 2.24 bits per heavy atom. The van der Waals surface area contributed by atoms with Crippen molar-refractivity contribution in [2.24, 2.45) is 0 Å². The van der Waals surface area contributed by atoms with Gasteiger partial charge in [-0.15, -0.1) is 0 Å². The van der Waals surface area contributed by atoms with E-state index < -0.39 is 17.6 Å². The molecule has 1 saturated heterocycles. The Kier molecular flexibility index (Phi) is 4.52. The van der Waals surface area contributed by atoms with Crippen LogP contribution in [0.25, 0.3) is 6.08 Å². The second-order valence-electron chi connectivity index (χ2n) is 4.80. The van der Waals surface area contributed by atoms with Crippen LogP contribution in [0.2, 0.25) is 0 Å². The van der Waals surface area contributed by atoms with Gasteiger partial charge in [-0.05, 0) is 37.6 Å². The van der Waals surface area contributed by atoms with Gasteiger partial charge in [-0.1, -0.05) is 12.1 Å². The topological polar surface area (TPSA) is 66.5 Å². The van der Waals surface area contributed by atoms with E-state index in [1.807, 2.05) is 24.3 Å². The van der Waals surface area contributed by atoms with Crippen LogP contribution in [-0.2, 0) is 14.4 Å². The van der Waals surface area contributed by atoms with Gasteiger partial charge in [0, 0.05) is 18.8 Å². The number of hydrogen-bond donors (Lipinski definition) is 1. The molecule has 0 radical (unpaired) electrons. The first-order valence-corrected chi connectivity index (χ1v) is 6.99. The van der Waals surface area contributed by atoms with Crippen molar-refractivity contribution in [1.82, 2.24) is 5.32 Å². The van der Waals surface area contributed by atoms with E-state index in [0.29, 0.717) is 0 Å². The molecule has 1 fully saturated rings. The maximum Gasteiger partial charge on any atom is 0.261 e. The number of carbonyl (C=O) groups excluding carboxylic acids is 3. The van der Waals surface area contributed by atoms with Crippen molar-refractivity contribution in [1.29, 1.82) is 0 Å². The summed E-state index contributed by atoms with van der Waals surface area (Å²) in [6.07, 6.45) is 1.26. The van der Waals surface area contributed by atoms with E-state index in [0.717, 1.165) is 24.3 Å². The zero-order valence-electron chi connectivity index (χ0n) is 12.2. The largest absolute Gasteiger partial charge is 0.372 e. The Morgan fingerprint density at radius 1 is 1.10 bits per heavy atom. The van der Waals surface area contributed by atoms with Gasteiger partial charge >= 0.3 is 0 Å². The first-order chi connectivity index (χ1) is 10.0. The number of amides is 2. The summed E-state index contributed by atoms with van der Waals surface area (Å²) in [6, 6.07) is 7.63. The number of nitrogens with one attached hydrogen (secondary N) is 1. The summed E-state index contributed by atoms with van der Waals surface area (Å²) in [5, 5.41) is 2.15. The van der Waals surface area contributed by atoms with Crippen LogP contribution in [0, 0.1) is 0 Å². The Labute approximate surface area is 123 Å². The normalized spacial score (nSPS) is 17.0. The fraction of sp³-hybridized carbons (Fsp3) is 0.312. The van der Waals surface area contributed by atoms with Crippen molar-refractivity contribution in [3.05, 3.63) is 35.4 Å². The first kappa shape index (κ1) is 15.0. The zero-order valence-corrected chi connectivity index (χ0v) is 12.2. The van der Waals surface area contributed by atoms with Gasteiger partial charge in [0.15, 0.2) is 5.78 Å². The minimum Gasteiger partial charge on any atom is -0.372 e. The van der Waals surface area contributed by atoms with Gasteiger partial charge in [0.25, 0.3) is 5.91 Å². The molecule has 1 aromatic carbocycles. The molecule has 1 aliphatic heterocycles. The Morgan fingerprint density at radius 2 is 1.71 bits per heavy atom. The van der Waals surface area contributed by atoms with Crippen LogP contribution in [0.1, 0.15) is 25.8 Å². The number of carbonyl (C=O) groups is 3. The average molecular weight is 286 g/mol. The number of ketones is 1. The molecule has 0 aliphatic carbocycles. The lowest BCUT2D eigenvalue weighted by molar-refractivity contribution is -0.134. The monoisotopic (exact) mass is 286 g/mol. The fourth-order valence-electron chi connectivity index (χ4n) is 2.29.